The first-order valence-corrected chi connectivity index (χ1v) is 12.9. The Morgan fingerprint density at radius 3 is 1.21 bits per heavy atom. The summed E-state index contributed by atoms with van der Waals surface area (Å²) in [6, 6.07) is 29.4. The van der Waals surface area contributed by atoms with Gasteiger partial charge in [-0.15, -0.1) is 35.4 Å². The molecule has 0 bridgehead atoms. The van der Waals surface area contributed by atoms with E-state index in [1.54, 1.807) is 0 Å². The van der Waals surface area contributed by atoms with Crippen molar-refractivity contribution in [2.45, 2.75) is 39.5 Å². The van der Waals surface area contributed by atoms with Crippen LogP contribution < -0.4 is 10.6 Å². The van der Waals surface area contributed by atoms with Gasteiger partial charge in [0.05, 0.1) is 0 Å². The molecule has 4 rings (SSSR count). The molecule has 7 heteroatoms. The number of nitrogens with one attached hydrogen (secondary N) is 2. The molecule has 0 aliphatic heterocycles. The molecule has 0 fully saturated rings. The Morgan fingerprint density at radius 2 is 0.949 bits per heavy atom. The molecule has 0 saturated heterocycles. The summed E-state index contributed by atoms with van der Waals surface area (Å²) in [5.41, 5.74) is 1.02. The third kappa shape index (κ3) is 19.2. The summed E-state index contributed by atoms with van der Waals surface area (Å²) < 4.78 is 51.0. The minimum absolute atomic E-state index is 0. The van der Waals surface area contributed by atoms with E-state index in [2.05, 4.69) is 24.5 Å². The largest absolute Gasteiger partial charge is 4.00 e. The molecule has 0 aliphatic rings. The van der Waals surface area contributed by atoms with E-state index in [9.17, 15) is 17.6 Å². The molecule has 39 heavy (non-hydrogen) atoms. The summed E-state index contributed by atoms with van der Waals surface area (Å²) >= 11 is 0. The molecular formula is C32H38F4N2Ti. The van der Waals surface area contributed by atoms with E-state index >= 15 is 0 Å². The van der Waals surface area contributed by atoms with Crippen LogP contribution >= 0.6 is 0 Å². The van der Waals surface area contributed by atoms with Crippen molar-refractivity contribution in [1.29, 1.82) is 0 Å². The van der Waals surface area contributed by atoms with Gasteiger partial charge in [0.2, 0.25) is 0 Å². The third-order valence-corrected chi connectivity index (χ3v) is 4.99. The molecule has 0 atom stereocenters. The Labute approximate surface area is 246 Å². The van der Waals surface area contributed by atoms with Crippen LogP contribution in [0.15, 0.2) is 84.9 Å². The minimum Gasteiger partial charge on any atom is -0.317 e. The predicted octanol–water partition coefficient (Wildman–Crippen LogP) is 7.42. The molecule has 0 saturated carbocycles. The summed E-state index contributed by atoms with van der Waals surface area (Å²) in [7, 11) is 0. The second kappa shape index (κ2) is 24.5. The quantitative estimate of drug-likeness (QED) is 0.0892. The molecule has 0 aromatic heterocycles. The maximum atomic E-state index is 13.0. The zero-order valence-corrected chi connectivity index (χ0v) is 24.3. The maximum Gasteiger partial charge on any atom is 4.00 e. The third-order valence-electron chi connectivity index (χ3n) is 4.99. The van der Waals surface area contributed by atoms with Gasteiger partial charge in [0.25, 0.3) is 0 Å². The molecule has 2 nitrogen and oxygen atoms in total. The Kier molecular flexibility index (Phi) is 23.0. The number of halogens is 4. The van der Waals surface area contributed by atoms with E-state index in [1.807, 2.05) is 72.8 Å². The maximum absolute atomic E-state index is 13.0. The molecule has 0 heterocycles. The Hall–Kier alpha value is -2.51. The van der Waals surface area contributed by atoms with Crippen molar-refractivity contribution in [3.8, 4) is 0 Å². The van der Waals surface area contributed by atoms with Crippen LogP contribution in [0.2, 0.25) is 0 Å². The molecule has 0 aliphatic carbocycles. The van der Waals surface area contributed by atoms with Gasteiger partial charge in [0.15, 0.2) is 0 Å². The van der Waals surface area contributed by atoms with Crippen molar-refractivity contribution in [3.05, 3.63) is 131 Å². The van der Waals surface area contributed by atoms with Crippen molar-refractivity contribution in [1.82, 2.24) is 10.6 Å². The van der Waals surface area contributed by atoms with Gasteiger partial charge < -0.3 is 10.6 Å². The van der Waals surface area contributed by atoms with E-state index in [4.69, 9.17) is 0 Å². The van der Waals surface area contributed by atoms with Gasteiger partial charge in [0, 0.05) is 23.3 Å². The van der Waals surface area contributed by atoms with Crippen LogP contribution in [0.3, 0.4) is 0 Å². The van der Waals surface area contributed by atoms with Gasteiger partial charge in [0.1, 0.15) is 0 Å². The van der Waals surface area contributed by atoms with Crippen LogP contribution in [0.5, 0.6) is 0 Å². The van der Waals surface area contributed by atoms with Gasteiger partial charge in [-0.05, 0) is 39.0 Å². The molecule has 4 aromatic carbocycles. The minimum atomic E-state index is -0.646. The second-order valence-corrected chi connectivity index (χ2v) is 8.22. The Morgan fingerprint density at radius 1 is 0.590 bits per heavy atom. The number of hydrogen-bond acceptors (Lipinski definition) is 2. The summed E-state index contributed by atoms with van der Waals surface area (Å²) in [4.78, 5) is 0. The van der Waals surface area contributed by atoms with Gasteiger partial charge in [-0.25, -0.2) is 41.8 Å². The molecule has 2 N–H and O–H groups in total. The van der Waals surface area contributed by atoms with Gasteiger partial charge in [-0.3, -0.25) is 0 Å². The first kappa shape index (κ1) is 36.5. The summed E-state index contributed by atoms with van der Waals surface area (Å²) in [5, 5.41) is 6.30. The van der Waals surface area contributed by atoms with Crippen molar-refractivity contribution >= 4 is 0 Å². The van der Waals surface area contributed by atoms with Crippen LogP contribution in [-0.2, 0) is 34.6 Å². The van der Waals surface area contributed by atoms with Crippen molar-refractivity contribution in [2.75, 3.05) is 26.2 Å². The van der Waals surface area contributed by atoms with E-state index in [1.165, 1.54) is 24.3 Å². The fourth-order valence-electron chi connectivity index (χ4n) is 3.02. The fraction of sp³-hybridized carbons (Fsp3) is 0.312. The van der Waals surface area contributed by atoms with Crippen LogP contribution in [0.4, 0.5) is 17.6 Å². The zero-order valence-electron chi connectivity index (χ0n) is 22.8. The van der Waals surface area contributed by atoms with Crippen molar-refractivity contribution in [3.63, 3.8) is 0 Å². The monoisotopic (exact) mass is 574 g/mol. The summed E-state index contributed by atoms with van der Waals surface area (Å²) in [6.45, 7) is 7.41. The van der Waals surface area contributed by atoms with Crippen molar-refractivity contribution in [2.24, 2.45) is 0 Å². The van der Waals surface area contributed by atoms with Gasteiger partial charge in [-0.1, -0.05) is 26.7 Å². The average molecular weight is 575 g/mol. The molecular weight excluding hydrogens is 536 g/mol. The number of benzene rings is 2. The summed E-state index contributed by atoms with van der Waals surface area (Å²) in [6.07, 6.45) is 3.25. The topological polar surface area (TPSA) is 24.1 Å². The van der Waals surface area contributed by atoms with Crippen LogP contribution in [-0.4, -0.2) is 26.2 Å². The molecule has 0 amide bonds. The zero-order chi connectivity index (χ0) is 27.8. The molecule has 0 radical (unpaired) electrons. The first-order valence-electron chi connectivity index (χ1n) is 12.9. The fourth-order valence-corrected chi connectivity index (χ4v) is 3.02. The van der Waals surface area contributed by atoms with E-state index < -0.39 is 23.3 Å². The molecule has 0 spiro atoms. The normalized spacial score (nSPS) is 9.59. The SMILES string of the molecule is CCCNCCc1ccc(F)[c-]c1F.CCCNCCc1ccc(F)[c-]c1F.[Ti+4].c1cc[cH-]c1.c1cc[cH-]c1. The Balaban J connectivity index is 0.000000537. The molecule has 4 aromatic rings. The average Bonchev–Trinajstić information content (AvgIpc) is 3.67. The smallest absolute Gasteiger partial charge is 0.317 e. The van der Waals surface area contributed by atoms with Crippen LogP contribution in [0, 0.1) is 35.4 Å². The van der Waals surface area contributed by atoms with Gasteiger partial charge in [-0.2, -0.15) is 48.5 Å². The number of rotatable bonds is 10. The second-order valence-electron chi connectivity index (χ2n) is 8.22. The standard InChI is InChI=1S/2C11H14F2N.2C5H5.Ti/c2*1-2-6-14-7-5-9-3-4-10(12)8-11(9)13;2*1-2-4-5-3-1;/h2*3-4,14H,2,5-7H2,1H3;2*1-5H;/q4*-1;+4. The Bertz CT molecular complexity index is 934. The molecule has 208 valence electrons. The predicted molar refractivity (Wildman–Crippen MR) is 148 cm³/mol. The van der Waals surface area contributed by atoms with E-state index in [0.717, 1.165) is 25.9 Å². The van der Waals surface area contributed by atoms with E-state index in [-0.39, 0.29) is 21.7 Å². The van der Waals surface area contributed by atoms with Crippen LogP contribution in [0.25, 0.3) is 0 Å². The summed E-state index contributed by atoms with van der Waals surface area (Å²) in [5.74, 6) is -2.45. The van der Waals surface area contributed by atoms with Crippen LogP contribution in [0.1, 0.15) is 37.8 Å². The first-order chi connectivity index (χ1) is 18.5. The van der Waals surface area contributed by atoms with Gasteiger partial charge >= 0.3 is 21.7 Å². The van der Waals surface area contributed by atoms with E-state index in [0.29, 0.717) is 37.1 Å². The number of hydrogen-bond donors (Lipinski definition) is 2. The van der Waals surface area contributed by atoms with Crippen molar-refractivity contribution < 1.29 is 39.3 Å². The molecule has 0 unspecified atom stereocenters.